The number of aromatic nitrogens is 5. The molecular weight excluding hydrogens is 1530 g/mol. The van der Waals surface area contributed by atoms with Crippen LogP contribution in [0.3, 0.4) is 0 Å². The second-order valence-corrected chi connectivity index (χ2v) is 33.5. The molecule has 2 atom stereocenters. The van der Waals surface area contributed by atoms with Crippen LogP contribution in [0, 0.1) is 6.92 Å². The number of aryl methyl sites for hydroxylation is 2. The first-order valence-electron chi connectivity index (χ1n) is 33.8. The van der Waals surface area contributed by atoms with Crippen molar-refractivity contribution in [1.29, 1.82) is 0 Å². The van der Waals surface area contributed by atoms with Gasteiger partial charge in [-0.15, -0.1) is 22.7 Å². The van der Waals surface area contributed by atoms with Crippen LogP contribution in [-0.2, 0) is 62.1 Å². The number of thiazole rings is 2. The van der Waals surface area contributed by atoms with Crippen molar-refractivity contribution < 1.29 is 61.8 Å². The lowest BCUT2D eigenvalue weighted by molar-refractivity contribution is -0.139. The van der Waals surface area contributed by atoms with Gasteiger partial charge in [0.05, 0.1) is 45.3 Å². The van der Waals surface area contributed by atoms with Crippen molar-refractivity contribution in [3.05, 3.63) is 207 Å². The molecule has 10 aromatic rings. The molecule has 4 aromatic heterocycles. The van der Waals surface area contributed by atoms with E-state index in [-0.39, 0.29) is 99.3 Å². The Morgan fingerprint density at radius 1 is 0.626 bits per heavy atom. The van der Waals surface area contributed by atoms with Crippen LogP contribution in [0.1, 0.15) is 43.3 Å². The predicted octanol–water partition coefficient (Wildman–Crippen LogP) is 11.1. The summed E-state index contributed by atoms with van der Waals surface area (Å²) >= 11 is 20.6. The Hall–Kier alpha value is -9.64. The lowest BCUT2D eigenvalue weighted by atomic mass is 10.0. The molecule has 4 aliphatic heterocycles. The Balaban J connectivity index is 0.000000228. The van der Waals surface area contributed by atoms with E-state index in [1.165, 1.54) is 71.9 Å². The number of sulfonamides is 3. The van der Waals surface area contributed by atoms with Crippen LogP contribution in [0.25, 0.3) is 10.9 Å². The number of aromatic hydroxyl groups is 1. The maximum atomic E-state index is 13.4. The second-order valence-electron chi connectivity index (χ2n) is 25.4. The molecule has 0 spiro atoms. The Labute approximate surface area is 649 Å². The summed E-state index contributed by atoms with van der Waals surface area (Å²) < 4.78 is 84.7. The van der Waals surface area contributed by atoms with Gasteiger partial charge in [0.2, 0.25) is 23.6 Å². The zero-order valence-electron chi connectivity index (χ0n) is 57.7. The third-order valence-corrected chi connectivity index (χ3v) is 25.0. The average Bonchev–Trinajstić information content (AvgIpc) is 1.41. The molecule has 3 saturated heterocycles. The first kappa shape index (κ1) is 77.0. The molecule has 107 heavy (non-hydrogen) atoms. The molecule has 0 bridgehead atoms. The summed E-state index contributed by atoms with van der Waals surface area (Å²) in [6.07, 6.45) is 7.90. The van der Waals surface area contributed by atoms with Crippen molar-refractivity contribution in [2.75, 3.05) is 119 Å². The number of phenols is 1. The van der Waals surface area contributed by atoms with E-state index in [4.69, 9.17) is 34.8 Å². The average molecular weight is 1620 g/mol. The predicted molar refractivity (Wildman–Crippen MR) is 426 cm³/mol. The molecule has 14 rings (SSSR count). The van der Waals surface area contributed by atoms with Gasteiger partial charge in [0, 0.05) is 151 Å². The first-order valence-corrected chi connectivity index (χ1v) is 41.1. The van der Waals surface area contributed by atoms with Crippen LogP contribution in [0.15, 0.2) is 190 Å². The highest BCUT2D eigenvalue weighted by molar-refractivity contribution is 7.93. The number of carbonyl (C=O) groups excluding carboxylic acids is 4. The number of anilines is 7. The van der Waals surface area contributed by atoms with Gasteiger partial charge in [-0.05, 0) is 171 Å². The van der Waals surface area contributed by atoms with Crippen LogP contribution in [0.2, 0.25) is 15.1 Å². The molecule has 1 unspecified atom stereocenters. The number of halogens is 3. The minimum Gasteiger partial charge on any atom is -0.506 e. The number of aliphatic hydroxyl groups is 1. The molecule has 570 valence electrons. The van der Waals surface area contributed by atoms with Crippen LogP contribution in [0.5, 0.6) is 5.75 Å². The molecule has 0 radical (unpaired) electrons. The Morgan fingerprint density at radius 3 is 1.80 bits per heavy atom. The molecule has 27 nitrogen and oxygen atoms in total. The van der Waals surface area contributed by atoms with E-state index in [9.17, 15) is 54.6 Å². The highest BCUT2D eigenvalue weighted by Gasteiger charge is 2.35. The molecule has 3 fully saturated rings. The Kier molecular flexibility index (Phi) is 24.2. The number of rotatable bonds is 19. The standard InChI is InChI=1S/C25H24ClN5O4S2.C25H28ClN5O4S2.C22H22ClN5O4S.5H2/c1-16-13-18-14-19(26)3-8-22(18)31(16)17(2)24(33)29-10-11-30(23(32)15-29)20-4-6-21(7-5-20)37(34,35)28-25-27-9-12-36-25;26-19-3-8-23-18(14-19)2-1-10-30(23)16-24(33)31-12-11-29(15-21(31)17-32)20-4-6-22(7-5-20)37(34,35)28-25-27-9-13-36-25;23-19-13-16(1-6-20(19)29)14-22(30)28-11-9-27(10-12-28)17-2-4-18(5-3-17)33(31,32)26-21-7-8-24-15-25-21;;;;;/h3-9,12-14,17H,10-11,15H2,1-2H3,(H,27,28);3-9,13-14,21,32H,1-2,10-12,15-17H2,(H,27,28);1-8,13,15,29H,9-12,14H2,(H,24,25,26);5*1H/t;21-;;;;;;/m.1....../s1. The van der Waals surface area contributed by atoms with Gasteiger partial charge in [-0.2, -0.15) is 0 Å². The maximum absolute atomic E-state index is 13.4. The molecule has 5 N–H and O–H groups in total. The van der Waals surface area contributed by atoms with Gasteiger partial charge >= 0.3 is 0 Å². The minimum absolute atomic E-state index is 0. The van der Waals surface area contributed by atoms with Gasteiger partial charge < -0.3 is 49.1 Å². The van der Waals surface area contributed by atoms with Gasteiger partial charge in [-0.3, -0.25) is 33.3 Å². The fourth-order valence-electron chi connectivity index (χ4n) is 13.1. The van der Waals surface area contributed by atoms with Crippen LogP contribution >= 0.6 is 57.5 Å². The van der Waals surface area contributed by atoms with E-state index in [1.807, 2.05) is 54.8 Å². The molecule has 0 saturated carbocycles. The number of aliphatic hydroxyl groups excluding tert-OH is 1. The number of piperazine rings is 3. The third kappa shape index (κ3) is 18.7. The smallest absolute Gasteiger partial charge is 0.263 e. The fourth-order valence-corrected chi connectivity index (χ4v) is 18.2. The largest absolute Gasteiger partial charge is 0.506 e. The molecule has 4 amide bonds. The number of carbonyl (C=O) groups is 4. The van der Waals surface area contributed by atoms with Gasteiger partial charge in [0.25, 0.3) is 30.1 Å². The number of amides is 4. The van der Waals surface area contributed by atoms with E-state index < -0.39 is 36.1 Å². The molecular formula is C72H84Cl3N15O12S5. The Bertz CT molecular complexity index is 5220. The number of hydrogen-bond donors (Lipinski definition) is 5. The van der Waals surface area contributed by atoms with Gasteiger partial charge in [-0.1, -0.05) is 40.9 Å². The minimum atomic E-state index is -3.79. The number of phenolic OH excluding ortho intramolecular Hbond substituents is 1. The quantitative estimate of drug-likeness (QED) is 0.0502. The van der Waals surface area contributed by atoms with Gasteiger partial charge in [0.1, 0.15) is 30.5 Å². The number of nitrogens with one attached hydrogen (secondary N) is 3. The molecule has 35 heteroatoms. The van der Waals surface area contributed by atoms with Crippen LogP contribution in [-0.4, -0.2) is 189 Å². The second kappa shape index (κ2) is 33.7. The molecule has 4 aliphatic rings. The number of fused-ring (bicyclic) bond motifs is 2. The summed E-state index contributed by atoms with van der Waals surface area (Å²) in [5, 5.41) is 26.1. The van der Waals surface area contributed by atoms with Gasteiger partial charge in [-0.25, -0.2) is 45.2 Å². The van der Waals surface area contributed by atoms with E-state index >= 15 is 0 Å². The zero-order chi connectivity index (χ0) is 75.7. The molecule has 8 heterocycles. The lowest BCUT2D eigenvalue weighted by Crippen LogP contribution is -2.58. The monoisotopic (exact) mass is 1620 g/mol. The van der Waals surface area contributed by atoms with Crippen LogP contribution < -0.4 is 33.8 Å². The third-order valence-electron chi connectivity index (χ3n) is 18.5. The SMILES string of the molecule is Cc1cc2cc(Cl)ccc2n1C(C)C(=O)N1CCN(c2ccc(S(=O)(=O)Nc3nccs3)cc2)C(=O)C1.O=C(CN1CCCc2cc(Cl)ccc21)N1CCN(c2ccc(S(=O)(=O)Nc3nccs3)cc2)C[C@@H]1CO.O=C(Cc1ccc(O)c(Cl)c1)N1CCN(c2ccc(S(=O)(=O)Nc3ccncn3)cc2)CC1.[HH].[HH].[HH].[HH].[HH]. The molecule has 0 aliphatic carbocycles. The van der Waals surface area contributed by atoms with E-state index in [0.29, 0.717) is 79.8 Å². The first-order chi connectivity index (χ1) is 51.3. The molecule has 6 aromatic carbocycles. The van der Waals surface area contributed by atoms with Crippen molar-refractivity contribution in [1.82, 2.24) is 39.2 Å². The summed E-state index contributed by atoms with van der Waals surface area (Å²) in [6, 6.07) is 38.0. The summed E-state index contributed by atoms with van der Waals surface area (Å²) in [5.41, 5.74) is 7.08. The highest BCUT2D eigenvalue weighted by Crippen LogP contribution is 2.34. The summed E-state index contributed by atoms with van der Waals surface area (Å²) in [5.74, 6) is -0.207. The summed E-state index contributed by atoms with van der Waals surface area (Å²) in [7, 11) is -11.3. The number of nitrogens with zero attached hydrogens (tertiary/aromatic N) is 12. The van der Waals surface area contributed by atoms with Crippen molar-refractivity contribution >= 4 is 161 Å². The van der Waals surface area contributed by atoms with Crippen molar-refractivity contribution in [3.8, 4) is 5.75 Å². The maximum Gasteiger partial charge on any atom is 0.263 e. The zero-order valence-corrected chi connectivity index (χ0v) is 64.1. The number of benzene rings is 6. The topological polar surface area (TPSA) is 326 Å². The van der Waals surface area contributed by atoms with Crippen molar-refractivity contribution in [2.24, 2.45) is 0 Å². The number of hydrogen-bond acceptors (Lipinski definition) is 21. The van der Waals surface area contributed by atoms with E-state index in [2.05, 4.69) is 48.8 Å². The normalized spacial score (nSPS) is 15.9. The lowest BCUT2D eigenvalue weighted by Gasteiger charge is -2.43. The van der Waals surface area contributed by atoms with Crippen LogP contribution in [0.4, 0.5) is 38.8 Å². The van der Waals surface area contributed by atoms with Crippen molar-refractivity contribution in [2.45, 2.75) is 59.9 Å². The fraction of sp³-hybridized carbons (Fsp3) is 0.278. The van der Waals surface area contributed by atoms with E-state index in [1.54, 1.807) is 109 Å². The Morgan fingerprint density at radius 2 is 1.21 bits per heavy atom. The summed E-state index contributed by atoms with van der Waals surface area (Å²) in [6.45, 7) is 9.17. The highest BCUT2D eigenvalue weighted by atomic mass is 35.5. The summed E-state index contributed by atoms with van der Waals surface area (Å²) in [4.78, 5) is 81.1. The van der Waals surface area contributed by atoms with Crippen molar-refractivity contribution in [3.63, 3.8) is 0 Å². The van der Waals surface area contributed by atoms with Gasteiger partial charge in [0.15, 0.2) is 10.3 Å². The van der Waals surface area contributed by atoms with E-state index in [0.717, 1.165) is 64.2 Å².